The molecule has 3 unspecified atom stereocenters. The Morgan fingerprint density at radius 1 is 1.20 bits per heavy atom. The van der Waals surface area contributed by atoms with Gasteiger partial charge in [0.25, 0.3) is 0 Å². The van der Waals surface area contributed by atoms with Crippen LogP contribution in [-0.2, 0) is 5.41 Å². The minimum Gasteiger partial charge on any atom is -0.497 e. The molecule has 0 amide bonds. The molecule has 0 radical (unpaired) electrons. The molecule has 25 heavy (non-hydrogen) atoms. The molecular formula is C22H29NO2. The molecule has 1 aromatic carbocycles. The number of methoxy groups -OCH3 is 1. The molecule has 1 aliphatic heterocycles. The molecule has 3 atom stereocenters. The van der Waals surface area contributed by atoms with Crippen molar-refractivity contribution in [1.29, 1.82) is 0 Å². The zero-order valence-corrected chi connectivity index (χ0v) is 15.4. The molecule has 1 saturated carbocycles. The molecule has 4 rings (SSSR count). The SMILES string of the molecule is COc1cccc(C23CCCCC2CN(C(C)c2ccco2)CC3)c1. The summed E-state index contributed by atoms with van der Waals surface area (Å²) in [5, 5.41) is 0. The lowest BCUT2D eigenvalue weighted by Crippen LogP contribution is -2.51. The van der Waals surface area contributed by atoms with Gasteiger partial charge in [-0.25, -0.2) is 0 Å². The fraction of sp³-hybridized carbons (Fsp3) is 0.545. The molecular weight excluding hydrogens is 310 g/mol. The topological polar surface area (TPSA) is 25.6 Å². The number of benzene rings is 1. The van der Waals surface area contributed by atoms with Crippen molar-refractivity contribution in [2.45, 2.75) is 50.5 Å². The number of hydrogen-bond donors (Lipinski definition) is 0. The van der Waals surface area contributed by atoms with E-state index in [-0.39, 0.29) is 0 Å². The predicted octanol–water partition coefficient (Wildman–Crippen LogP) is 5.18. The van der Waals surface area contributed by atoms with E-state index in [1.54, 1.807) is 13.4 Å². The number of rotatable bonds is 4. The minimum atomic E-state index is 0.326. The van der Waals surface area contributed by atoms with E-state index in [0.717, 1.165) is 24.0 Å². The van der Waals surface area contributed by atoms with E-state index in [2.05, 4.69) is 42.2 Å². The van der Waals surface area contributed by atoms with Crippen molar-refractivity contribution in [3.05, 3.63) is 54.0 Å². The third-order valence-corrected chi connectivity index (χ3v) is 6.65. The van der Waals surface area contributed by atoms with Crippen molar-refractivity contribution in [3.63, 3.8) is 0 Å². The Labute approximate surface area is 151 Å². The monoisotopic (exact) mass is 339 g/mol. The van der Waals surface area contributed by atoms with E-state index in [4.69, 9.17) is 9.15 Å². The second-order valence-electron chi connectivity index (χ2n) is 7.77. The molecule has 0 spiro atoms. The zero-order chi connectivity index (χ0) is 17.3. The Hall–Kier alpha value is -1.74. The number of likely N-dealkylation sites (tertiary alicyclic amines) is 1. The first kappa shape index (κ1) is 16.7. The van der Waals surface area contributed by atoms with Gasteiger partial charge < -0.3 is 9.15 Å². The van der Waals surface area contributed by atoms with Crippen LogP contribution in [0.2, 0.25) is 0 Å². The van der Waals surface area contributed by atoms with Gasteiger partial charge in [0.2, 0.25) is 0 Å². The fourth-order valence-corrected chi connectivity index (χ4v) is 5.14. The van der Waals surface area contributed by atoms with Crippen molar-refractivity contribution >= 4 is 0 Å². The Balaban J connectivity index is 1.60. The van der Waals surface area contributed by atoms with Gasteiger partial charge in [-0.05, 0) is 68.5 Å². The van der Waals surface area contributed by atoms with Gasteiger partial charge in [0.1, 0.15) is 11.5 Å². The summed E-state index contributed by atoms with van der Waals surface area (Å²) in [6.45, 7) is 4.58. The van der Waals surface area contributed by atoms with E-state index < -0.39 is 0 Å². The largest absolute Gasteiger partial charge is 0.497 e. The van der Waals surface area contributed by atoms with Crippen LogP contribution in [-0.4, -0.2) is 25.1 Å². The van der Waals surface area contributed by atoms with Gasteiger partial charge in [-0.15, -0.1) is 0 Å². The molecule has 3 nitrogen and oxygen atoms in total. The predicted molar refractivity (Wildman–Crippen MR) is 99.9 cm³/mol. The van der Waals surface area contributed by atoms with Gasteiger partial charge in [-0.3, -0.25) is 4.90 Å². The first-order chi connectivity index (χ1) is 12.2. The summed E-state index contributed by atoms with van der Waals surface area (Å²) in [5.41, 5.74) is 1.81. The smallest absolute Gasteiger partial charge is 0.120 e. The third-order valence-electron chi connectivity index (χ3n) is 6.65. The van der Waals surface area contributed by atoms with Gasteiger partial charge in [0, 0.05) is 12.0 Å². The normalized spacial score (nSPS) is 28.3. The van der Waals surface area contributed by atoms with E-state index >= 15 is 0 Å². The molecule has 0 N–H and O–H groups in total. The van der Waals surface area contributed by atoms with Crippen LogP contribution in [0.4, 0.5) is 0 Å². The number of hydrogen-bond acceptors (Lipinski definition) is 3. The van der Waals surface area contributed by atoms with Crippen LogP contribution in [0, 0.1) is 5.92 Å². The van der Waals surface area contributed by atoms with Crippen molar-refractivity contribution in [2.75, 3.05) is 20.2 Å². The Bertz CT molecular complexity index is 696. The molecule has 1 saturated heterocycles. The van der Waals surface area contributed by atoms with E-state index in [0.29, 0.717) is 11.5 Å². The molecule has 134 valence electrons. The van der Waals surface area contributed by atoms with Crippen molar-refractivity contribution in [2.24, 2.45) is 5.92 Å². The Morgan fingerprint density at radius 2 is 2.12 bits per heavy atom. The highest BCUT2D eigenvalue weighted by molar-refractivity contribution is 5.36. The van der Waals surface area contributed by atoms with Gasteiger partial charge in [0.15, 0.2) is 0 Å². The van der Waals surface area contributed by atoms with E-state index in [9.17, 15) is 0 Å². The number of ether oxygens (including phenoxy) is 1. The number of piperidine rings is 1. The number of furan rings is 1. The first-order valence-corrected chi connectivity index (χ1v) is 9.65. The zero-order valence-electron chi connectivity index (χ0n) is 15.4. The molecule has 0 bridgehead atoms. The van der Waals surface area contributed by atoms with Crippen molar-refractivity contribution in [1.82, 2.24) is 4.90 Å². The van der Waals surface area contributed by atoms with Crippen LogP contribution in [0.15, 0.2) is 47.1 Å². The Morgan fingerprint density at radius 3 is 2.92 bits per heavy atom. The summed E-state index contributed by atoms with van der Waals surface area (Å²) < 4.78 is 11.2. The van der Waals surface area contributed by atoms with E-state index in [1.165, 1.54) is 44.2 Å². The van der Waals surface area contributed by atoms with Gasteiger partial charge >= 0.3 is 0 Å². The van der Waals surface area contributed by atoms with Crippen molar-refractivity contribution < 1.29 is 9.15 Å². The lowest BCUT2D eigenvalue weighted by Gasteiger charge is -2.52. The lowest BCUT2D eigenvalue weighted by molar-refractivity contribution is 0.0304. The fourth-order valence-electron chi connectivity index (χ4n) is 5.14. The maximum atomic E-state index is 5.67. The van der Waals surface area contributed by atoms with Crippen LogP contribution < -0.4 is 4.74 Å². The minimum absolute atomic E-state index is 0.326. The maximum absolute atomic E-state index is 5.67. The maximum Gasteiger partial charge on any atom is 0.120 e. The third kappa shape index (κ3) is 2.99. The summed E-state index contributed by atoms with van der Waals surface area (Å²) in [7, 11) is 1.77. The van der Waals surface area contributed by atoms with Gasteiger partial charge in [-0.1, -0.05) is 25.0 Å². The first-order valence-electron chi connectivity index (χ1n) is 9.65. The van der Waals surface area contributed by atoms with Crippen LogP contribution >= 0.6 is 0 Å². The van der Waals surface area contributed by atoms with Gasteiger partial charge in [-0.2, -0.15) is 0 Å². The lowest BCUT2D eigenvalue weighted by atomic mass is 9.59. The average molecular weight is 339 g/mol. The standard InChI is InChI=1S/C22H29NO2/c1-17(21-10-6-14-25-21)23-13-12-22(11-4-3-7-19(22)16-23)18-8-5-9-20(15-18)24-2/h5-6,8-10,14-15,17,19H,3-4,7,11-13,16H2,1-2H3. The second-order valence-corrected chi connectivity index (χ2v) is 7.77. The highest BCUT2D eigenvalue weighted by atomic mass is 16.5. The van der Waals surface area contributed by atoms with E-state index in [1.807, 2.05) is 6.07 Å². The second kappa shape index (κ2) is 6.87. The molecule has 2 aliphatic rings. The number of fused-ring (bicyclic) bond motifs is 1. The van der Waals surface area contributed by atoms with Gasteiger partial charge in [0.05, 0.1) is 19.4 Å². The highest BCUT2D eigenvalue weighted by Gasteiger charge is 2.46. The van der Waals surface area contributed by atoms with Crippen molar-refractivity contribution in [3.8, 4) is 5.75 Å². The molecule has 3 heteroatoms. The van der Waals surface area contributed by atoms with Crippen LogP contribution in [0.25, 0.3) is 0 Å². The molecule has 1 aliphatic carbocycles. The molecule has 1 aromatic heterocycles. The van der Waals surface area contributed by atoms with Crippen LogP contribution in [0.1, 0.15) is 56.4 Å². The molecule has 2 fully saturated rings. The highest BCUT2D eigenvalue weighted by Crippen LogP contribution is 2.50. The Kier molecular flexibility index (Phi) is 4.60. The summed E-state index contributed by atoms with van der Waals surface area (Å²) in [6.07, 6.45) is 8.38. The average Bonchev–Trinajstić information content (AvgIpc) is 3.21. The van der Waals surface area contributed by atoms with Crippen LogP contribution in [0.3, 0.4) is 0 Å². The quantitative estimate of drug-likeness (QED) is 0.767. The summed E-state index contributed by atoms with van der Waals surface area (Å²) in [5.74, 6) is 2.80. The molecule has 2 aromatic rings. The summed E-state index contributed by atoms with van der Waals surface area (Å²) in [4.78, 5) is 2.62. The summed E-state index contributed by atoms with van der Waals surface area (Å²) >= 11 is 0. The molecule has 2 heterocycles. The van der Waals surface area contributed by atoms with Crippen LogP contribution in [0.5, 0.6) is 5.75 Å². The number of nitrogens with zero attached hydrogens (tertiary/aromatic N) is 1. The summed E-state index contributed by atoms with van der Waals surface area (Å²) in [6, 6.07) is 13.3.